The van der Waals surface area contributed by atoms with Crippen molar-refractivity contribution in [3.8, 4) is 0 Å². The van der Waals surface area contributed by atoms with Gasteiger partial charge in [-0.2, -0.15) is 10.2 Å². The van der Waals surface area contributed by atoms with Gasteiger partial charge < -0.3 is 20.9 Å². The van der Waals surface area contributed by atoms with Crippen LogP contribution in [0, 0.1) is 5.92 Å². The Bertz CT molecular complexity index is 2340. The number of halogens is 2. The van der Waals surface area contributed by atoms with E-state index >= 15 is 0 Å². The van der Waals surface area contributed by atoms with Crippen LogP contribution in [0.1, 0.15) is 138 Å². The van der Waals surface area contributed by atoms with Crippen LogP contribution in [0.15, 0.2) is 42.9 Å². The minimum atomic E-state index is -2.86. The van der Waals surface area contributed by atoms with Crippen LogP contribution in [0.4, 0.5) is 20.2 Å². The molecule has 6 heterocycles. The molecule has 1 unspecified atom stereocenters. The van der Waals surface area contributed by atoms with E-state index in [2.05, 4.69) is 43.4 Å². The zero-order valence-electron chi connectivity index (χ0n) is 34.1. The molecule has 2 aliphatic carbocycles. The molecule has 4 N–H and O–H groups in total. The first-order valence-electron chi connectivity index (χ1n) is 21.6. The van der Waals surface area contributed by atoms with Gasteiger partial charge in [-0.1, -0.05) is 6.07 Å². The minimum Gasteiger partial charge on any atom is -0.382 e. The van der Waals surface area contributed by atoms with Crippen molar-refractivity contribution < 1.29 is 32.8 Å². The third kappa shape index (κ3) is 8.14. The van der Waals surface area contributed by atoms with Gasteiger partial charge in [0.1, 0.15) is 11.6 Å². The van der Waals surface area contributed by atoms with Gasteiger partial charge in [-0.05, 0) is 115 Å². The average Bonchev–Trinajstić information content (AvgIpc) is 3.96. The maximum absolute atomic E-state index is 14.3. The molecule has 9 rings (SSSR count). The third-order valence-electron chi connectivity index (χ3n) is 13.5. The number of rotatable bonds is 11. The van der Waals surface area contributed by atoms with Crippen LogP contribution in [-0.2, 0) is 9.59 Å². The SMILES string of the molecule is CN(CC1CCC(n2cc(NC(=O)c3cnn4ccc(C5CCNCC5)nc34)c(C(F)F)n2)CC1)C1CCC(Nc2cccc3c2C(=O)N(C2CCC(=O)NC2=O)C3=O)CC1. The van der Waals surface area contributed by atoms with Gasteiger partial charge in [0.25, 0.3) is 24.1 Å². The van der Waals surface area contributed by atoms with Gasteiger partial charge in [0.15, 0.2) is 11.3 Å². The van der Waals surface area contributed by atoms with E-state index in [9.17, 15) is 32.8 Å². The summed E-state index contributed by atoms with van der Waals surface area (Å²) in [6.45, 7) is 2.72. The number of amides is 5. The number of hydrogen-bond donors (Lipinski definition) is 4. The highest BCUT2D eigenvalue weighted by atomic mass is 19.3. The van der Waals surface area contributed by atoms with E-state index in [1.54, 1.807) is 29.1 Å². The number of imide groups is 2. The summed E-state index contributed by atoms with van der Waals surface area (Å²) < 4.78 is 31.7. The van der Waals surface area contributed by atoms with E-state index in [1.165, 1.54) is 16.9 Å². The monoisotopic (exact) mass is 839 g/mol. The largest absolute Gasteiger partial charge is 0.382 e. The standard InChI is InChI=1S/C43H51F2N11O5/c1-53(27-11-7-26(8-12-27)48-32-4-2-3-29-36(32)43(61)56(42(29)60)34-13-14-35(57)51-41(34)59)22-24-5-9-28(10-6-24)55-23-33(37(52-55)38(44)45)50-40(58)30-21-47-54-20-17-31(49-39(30)54)25-15-18-46-19-16-25/h2-4,17,20-21,23-28,34,38,46,48H,5-16,18-19,22H2,1H3,(H,50,58)(H,51,57,59). The summed E-state index contributed by atoms with van der Waals surface area (Å²) in [5.74, 6) is -1.92. The number of benzene rings is 1. The highest BCUT2D eigenvalue weighted by Crippen LogP contribution is 2.38. The normalized spacial score (nSPS) is 25.1. The van der Waals surface area contributed by atoms with Gasteiger partial charge in [-0.25, -0.2) is 18.3 Å². The van der Waals surface area contributed by atoms with Gasteiger partial charge >= 0.3 is 0 Å². The second kappa shape index (κ2) is 17.0. The van der Waals surface area contributed by atoms with Crippen LogP contribution < -0.4 is 21.3 Å². The summed E-state index contributed by atoms with van der Waals surface area (Å²) in [6, 6.07) is 6.48. The van der Waals surface area contributed by atoms with Crippen LogP contribution in [0.3, 0.4) is 0 Å². The Morgan fingerprint density at radius 1 is 0.934 bits per heavy atom. The van der Waals surface area contributed by atoms with Gasteiger partial charge in [-0.15, -0.1) is 0 Å². The van der Waals surface area contributed by atoms with Crippen molar-refractivity contribution in [3.63, 3.8) is 0 Å². The Kier molecular flexibility index (Phi) is 11.4. The van der Waals surface area contributed by atoms with Crippen molar-refractivity contribution in [2.24, 2.45) is 5.92 Å². The van der Waals surface area contributed by atoms with Gasteiger partial charge in [0, 0.05) is 54.7 Å². The summed E-state index contributed by atoms with van der Waals surface area (Å²) in [6.07, 6.45) is 11.0. The van der Waals surface area contributed by atoms with E-state index in [0.29, 0.717) is 23.3 Å². The predicted octanol–water partition coefficient (Wildman–Crippen LogP) is 5.07. The molecule has 5 aliphatic rings. The van der Waals surface area contributed by atoms with Crippen molar-refractivity contribution >= 4 is 46.6 Å². The minimum absolute atomic E-state index is 0.00764. The van der Waals surface area contributed by atoms with Gasteiger partial charge in [0.2, 0.25) is 11.8 Å². The number of carbonyl (C=O) groups excluding carboxylic acids is 5. The summed E-state index contributed by atoms with van der Waals surface area (Å²) in [5, 5.41) is 20.4. The van der Waals surface area contributed by atoms with E-state index in [4.69, 9.17) is 4.98 Å². The zero-order chi connectivity index (χ0) is 42.4. The smallest absolute Gasteiger partial charge is 0.284 e. The first kappa shape index (κ1) is 40.8. The number of carbonyl (C=O) groups is 5. The first-order valence-corrected chi connectivity index (χ1v) is 21.6. The molecule has 16 nitrogen and oxygen atoms in total. The topological polar surface area (TPSA) is 188 Å². The number of fused-ring (bicyclic) bond motifs is 2. The van der Waals surface area contributed by atoms with Crippen LogP contribution in [-0.4, -0.2) is 109 Å². The number of piperidine rings is 2. The molecule has 2 saturated carbocycles. The number of anilines is 2. The Balaban J connectivity index is 0.767. The van der Waals surface area contributed by atoms with E-state index in [0.717, 1.165) is 94.4 Å². The molecule has 0 bridgehead atoms. The lowest BCUT2D eigenvalue weighted by molar-refractivity contribution is -0.136. The molecule has 4 fully saturated rings. The fourth-order valence-corrected chi connectivity index (χ4v) is 10.1. The van der Waals surface area contributed by atoms with Crippen LogP contribution >= 0.6 is 0 Å². The van der Waals surface area contributed by atoms with E-state index < -0.39 is 47.7 Å². The molecule has 5 amide bonds. The molecule has 1 aromatic carbocycles. The van der Waals surface area contributed by atoms with Crippen molar-refractivity contribution in [1.29, 1.82) is 0 Å². The highest BCUT2D eigenvalue weighted by molar-refractivity contribution is 6.25. The van der Waals surface area contributed by atoms with E-state index in [1.807, 2.05) is 6.07 Å². The summed E-state index contributed by atoms with van der Waals surface area (Å²) in [4.78, 5) is 72.8. The molecule has 322 valence electrons. The Morgan fingerprint density at radius 3 is 2.44 bits per heavy atom. The lowest BCUT2D eigenvalue weighted by Crippen LogP contribution is -2.54. The molecule has 3 aromatic heterocycles. The Labute approximate surface area is 351 Å². The fourth-order valence-electron chi connectivity index (χ4n) is 10.1. The molecule has 3 aliphatic heterocycles. The third-order valence-corrected chi connectivity index (χ3v) is 13.5. The molecular formula is C43H51F2N11O5. The van der Waals surface area contributed by atoms with Gasteiger partial charge in [0.05, 0.1) is 29.1 Å². The first-order chi connectivity index (χ1) is 29.5. The number of nitrogens with one attached hydrogen (secondary N) is 4. The zero-order valence-corrected chi connectivity index (χ0v) is 34.1. The number of nitrogens with zero attached hydrogens (tertiary/aromatic N) is 7. The molecule has 18 heteroatoms. The second-order valence-electron chi connectivity index (χ2n) is 17.3. The summed E-state index contributed by atoms with van der Waals surface area (Å²) >= 11 is 0. The molecule has 2 saturated heterocycles. The van der Waals surface area contributed by atoms with Crippen LogP contribution in [0.2, 0.25) is 0 Å². The van der Waals surface area contributed by atoms with Crippen molar-refractivity contribution in [1.82, 2.24) is 44.8 Å². The van der Waals surface area contributed by atoms with Crippen molar-refractivity contribution in [2.75, 3.05) is 37.3 Å². The maximum atomic E-state index is 14.3. The molecule has 0 radical (unpaired) electrons. The molecule has 1 atom stereocenters. The summed E-state index contributed by atoms with van der Waals surface area (Å²) in [7, 11) is 2.16. The average molecular weight is 840 g/mol. The van der Waals surface area contributed by atoms with E-state index in [-0.39, 0.29) is 53.2 Å². The van der Waals surface area contributed by atoms with Crippen LogP contribution in [0.5, 0.6) is 0 Å². The number of aromatic nitrogens is 5. The quantitative estimate of drug-likeness (QED) is 0.148. The number of hydrogen-bond acceptors (Lipinski definition) is 11. The lowest BCUT2D eigenvalue weighted by atomic mass is 9.84. The summed E-state index contributed by atoms with van der Waals surface area (Å²) in [5.41, 5.74) is 2.15. The van der Waals surface area contributed by atoms with Crippen molar-refractivity contribution in [2.45, 2.75) is 114 Å². The molecular weight excluding hydrogens is 789 g/mol. The highest BCUT2D eigenvalue weighted by Gasteiger charge is 2.46. The Hall–Kier alpha value is -5.62. The molecule has 0 spiro atoms. The lowest BCUT2D eigenvalue weighted by Gasteiger charge is -2.38. The van der Waals surface area contributed by atoms with Crippen LogP contribution in [0.25, 0.3) is 5.65 Å². The Morgan fingerprint density at radius 2 is 1.70 bits per heavy atom. The maximum Gasteiger partial charge on any atom is 0.284 e. The van der Waals surface area contributed by atoms with Crippen molar-refractivity contribution in [3.05, 3.63) is 70.9 Å². The second-order valence-corrected chi connectivity index (χ2v) is 17.3. The molecule has 61 heavy (non-hydrogen) atoms. The predicted molar refractivity (Wildman–Crippen MR) is 219 cm³/mol. The van der Waals surface area contributed by atoms with Gasteiger partial charge in [-0.3, -0.25) is 38.9 Å². The fraction of sp³-hybridized carbons (Fsp3) is 0.535. The number of alkyl halides is 2. The molecule has 4 aromatic rings.